The number of esters is 1. The number of likely N-dealkylation sites (tertiary alicyclic amines) is 1. The highest BCUT2D eigenvalue weighted by Crippen LogP contribution is 2.19. The summed E-state index contributed by atoms with van der Waals surface area (Å²) < 4.78 is 5.21. The predicted molar refractivity (Wildman–Crippen MR) is 62.4 cm³/mol. The summed E-state index contributed by atoms with van der Waals surface area (Å²) in [4.78, 5) is 29.6. The van der Waals surface area contributed by atoms with Gasteiger partial charge in [0.1, 0.15) is 12.6 Å². The molecule has 17 heavy (non-hydrogen) atoms. The first-order valence-electron chi connectivity index (χ1n) is 5.41. The van der Waals surface area contributed by atoms with E-state index < -0.39 is 6.04 Å². The van der Waals surface area contributed by atoms with Gasteiger partial charge in [0.2, 0.25) is 5.91 Å². The van der Waals surface area contributed by atoms with E-state index in [9.17, 15) is 9.59 Å². The summed E-state index contributed by atoms with van der Waals surface area (Å²) in [6, 6.07) is -0.421. The highest BCUT2D eigenvalue weighted by atomic mass is 32.1. The van der Waals surface area contributed by atoms with Crippen LogP contribution in [0.4, 0.5) is 0 Å². The number of hydrogen-bond acceptors (Lipinski definition) is 5. The van der Waals surface area contributed by atoms with E-state index in [1.807, 2.05) is 6.92 Å². The molecule has 1 aromatic heterocycles. The van der Waals surface area contributed by atoms with Gasteiger partial charge in [-0.3, -0.25) is 4.79 Å². The molecular weight excluding hydrogens is 240 g/mol. The summed E-state index contributed by atoms with van der Waals surface area (Å²) in [5.41, 5.74) is 2.61. The van der Waals surface area contributed by atoms with Gasteiger partial charge in [0, 0.05) is 13.5 Å². The van der Waals surface area contributed by atoms with E-state index in [1.165, 1.54) is 16.2 Å². The van der Waals surface area contributed by atoms with Crippen LogP contribution < -0.4 is 0 Å². The minimum Gasteiger partial charge on any atom is -0.458 e. The monoisotopic (exact) mass is 254 g/mol. The van der Waals surface area contributed by atoms with Crippen LogP contribution in [0.1, 0.15) is 23.4 Å². The van der Waals surface area contributed by atoms with Crippen LogP contribution in [0, 0.1) is 6.92 Å². The van der Waals surface area contributed by atoms with Crippen LogP contribution in [0.2, 0.25) is 0 Å². The summed E-state index contributed by atoms with van der Waals surface area (Å²) in [5.74, 6) is -0.327. The Morgan fingerprint density at radius 2 is 2.47 bits per heavy atom. The van der Waals surface area contributed by atoms with Gasteiger partial charge in [0.15, 0.2) is 0 Å². The molecule has 1 amide bonds. The average Bonchev–Trinajstić information content (AvgIpc) is 2.84. The molecule has 1 aromatic rings. The number of hydrogen-bond donors (Lipinski definition) is 0. The number of likely N-dealkylation sites (N-methyl/N-ethyl adjacent to an activating group) is 1. The number of thiazole rings is 1. The van der Waals surface area contributed by atoms with Gasteiger partial charge in [-0.15, -0.1) is 11.3 Å². The van der Waals surface area contributed by atoms with Crippen LogP contribution >= 0.6 is 11.3 Å². The zero-order valence-electron chi connectivity index (χ0n) is 9.80. The van der Waals surface area contributed by atoms with Crippen LogP contribution in [0.15, 0.2) is 5.51 Å². The molecule has 1 unspecified atom stereocenters. The molecule has 0 saturated carbocycles. The van der Waals surface area contributed by atoms with E-state index >= 15 is 0 Å². The molecule has 0 bridgehead atoms. The van der Waals surface area contributed by atoms with Gasteiger partial charge in [-0.25, -0.2) is 9.78 Å². The fraction of sp³-hybridized carbons (Fsp3) is 0.545. The van der Waals surface area contributed by atoms with Crippen molar-refractivity contribution in [2.24, 2.45) is 0 Å². The third kappa shape index (κ3) is 2.46. The van der Waals surface area contributed by atoms with Gasteiger partial charge in [0.25, 0.3) is 0 Å². The number of aromatic nitrogens is 1. The number of nitrogens with zero attached hydrogens (tertiary/aromatic N) is 2. The van der Waals surface area contributed by atoms with Gasteiger partial charge < -0.3 is 9.64 Å². The Bertz CT molecular complexity index is 444. The van der Waals surface area contributed by atoms with Crippen molar-refractivity contribution < 1.29 is 14.3 Å². The third-order valence-electron chi connectivity index (χ3n) is 2.95. The van der Waals surface area contributed by atoms with Crippen LogP contribution in [0.25, 0.3) is 0 Å². The van der Waals surface area contributed by atoms with Gasteiger partial charge in [0.05, 0.1) is 16.1 Å². The second-order valence-corrected chi connectivity index (χ2v) is 4.97. The second-order valence-electron chi connectivity index (χ2n) is 4.03. The predicted octanol–water partition coefficient (Wildman–Crippen LogP) is 1.12. The maximum Gasteiger partial charge on any atom is 0.329 e. The normalized spacial score (nSPS) is 19.8. The molecule has 1 saturated heterocycles. The summed E-state index contributed by atoms with van der Waals surface area (Å²) in [5, 5.41) is 0. The molecular formula is C11H14N2O3S. The van der Waals surface area contributed by atoms with Crippen molar-refractivity contribution >= 4 is 23.2 Å². The van der Waals surface area contributed by atoms with Crippen molar-refractivity contribution in [1.29, 1.82) is 0 Å². The van der Waals surface area contributed by atoms with E-state index in [0.717, 1.165) is 10.6 Å². The Kier molecular flexibility index (Phi) is 3.42. The molecule has 1 atom stereocenters. The number of ether oxygens (including phenoxy) is 1. The molecule has 1 aliphatic heterocycles. The first-order valence-corrected chi connectivity index (χ1v) is 6.29. The topological polar surface area (TPSA) is 59.5 Å². The lowest BCUT2D eigenvalue weighted by atomic mass is 10.2. The van der Waals surface area contributed by atoms with Crippen LogP contribution in [0.3, 0.4) is 0 Å². The third-order valence-corrected chi connectivity index (χ3v) is 3.86. The minimum absolute atomic E-state index is 0.000853. The van der Waals surface area contributed by atoms with Crippen molar-refractivity contribution in [3.05, 3.63) is 16.1 Å². The molecule has 1 fully saturated rings. The molecule has 0 aliphatic carbocycles. The van der Waals surface area contributed by atoms with Crippen molar-refractivity contribution in [3.63, 3.8) is 0 Å². The molecule has 0 aromatic carbocycles. The number of carbonyl (C=O) groups excluding carboxylic acids is 2. The van der Waals surface area contributed by atoms with Gasteiger partial charge >= 0.3 is 5.97 Å². The fourth-order valence-electron chi connectivity index (χ4n) is 1.78. The molecule has 92 valence electrons. The molecule has 0 N–H and O–H groups in total. The molecule has 5 nitrogen and oxygen atoms in total. The molecule has 2 rings (SSSR count). The quantitative estimate of drug-likeness (QED) is 0.758. The van der Waals surface area contributed by atoms with Gasteiger partial charge in [-0.2, -0.15) is 0 Å². The lowest BCUT2D eigenvalue weighted by molar-refractivity contribution is -0.152. The fourth-order valence-corrected chi connectivity index (χ4v) is 2.47. The van der Waals surface area contributed by atoms with Crippen LogP contribution in [0.5, 0.6) is 0 Å². The minimum atomic E-state index is -0.421. The zero-order chi connectivity index (χ0) is 12.4. The summed E-state index contributed by atoms with van der Waals surface area (Å²) in [6.07, 6.45) is 0.978. The Balaban J connectivity index is 1.90. The Morgan fingerprint density at radius 3 is 3.00 bits per heavy atom. The number of amides is 1. The lowest BCUT2D eigenvalue weighted by Gasteiger charge is -2.17. The Labute approximate surface area is 103 Å². The van der Waals surface area contributed by atoms with Crippen LogP contribution in [-0.2, 0) is 20.9 Å². The Morgan fingerprint density at radius 1 is 1.71 bits per heavy atom. The first kappa shape index (κ1) is 12.0. The summed E-state index contributed by atoms with van der Waals surface area (Å²) >= 11 is 1.47. The number of aryl methyl sites for hydroxylation is 1. The van der Waals surface area contributed by atoms with Gasteiger partial charge in [-0.05, 0) is 13.3 Å². The molecule has 6 heteroatoms. The Hall–Kier alpha value is -1.43. The zero-order valence-corrected chi connectivity index (χ0v) is 10.6. The van der Waals surface area contributed by atoms with E-state index in [4.69, 9.17) is 4.74 Å². The molecule has 0 spiro atoms. The van der Waals surface area contributed by atoms with Crippen molar-refractivity contribution in [1.82, 2.24) is 9.88 Å². The average molecular weight is 254 g/mol. The molecule has 2 heterocycles. The van der Waals surface area contributed by atoms with Crippen LogP contribution in [-0.4, -0.2) is 34.8 Å². The second kappa shape index (κ2) is 4.83. The van der Waals surface area contributed by atoms with E-state index in [-0.39, 0.29) is 18.5 Å². The largest absolute Gasteiger partial charge is 0.458 e. The number of rotatable bonds is 3. The maximum absolute atomic E-state index is 11.8. The standard InChI is InChI=1S/C11H14N2O3S/c1-7-9(17-6-12-7)5-16-11(15)8-3-4-10(14)13(8)2/h6,8H,3-5H2,1-2H3. The van der Waals surface area contributed by atoms with E-state index in [0.29, 0.717) is 12.8 Å². The highest BCUT2D eigenvalue weighted by Gasteiger charge is 2.34. The van der Waals surface area contributed by atoms with Crippen molar-refractivity contribution in [2.45, 2.75) is 32.4 Å². The SMILES string of the molecule is Cc1ncsc1COC(=O)C1CCC(=O)N1C. The smallest absolute Gasteiger partial charge is 0.329 e. The van der Waals surface area contributed by atoms with E-state index in [2.05, 4.69) is 4.98 Å². The summed E-state index contributed by atoms with van der Waals surface area (Å²) in [6.45, 7) is 2.12. The molecule has 1 aliphatic rings. The molecule has 0 radical (unpaired) electrons. The maximum atomic E-state index is 11.8. The number of carbonyl (C=O) groups is 2. The van der Waals surface area contributed by atoms with E-state index in [1.54, 1.807) is 12.6 Å². The van der Waals surface area contributed by atoms with Crippen molar-refractivity contribution in [2.75, 3.05) is 7.05 Å². The van der Waals surface area contributed by atoms with Gasteiger partial charge in [-0.1, -0.05) is 0 Å². The lowest BCUT2D eigenvalue weighted by Crippen LogP contribution is -2.36. The summed E-state index contributed by atoms with van der Waals surface area (Å²) in [7, 11) is 1.64. The highest BCUT2D eigenvalue weighted by molar-refractivity contribution is 7.09. The first-order chi connectivity index (χ1) is 8.09. The van der Waals surface area contributed by atoms with Crippen molar-refractivity contribution in [3.8, 4) is 0 Å².